The highest BCUT2D eigenvalue weighted by molar-refractivity contribution is 5.93. The summed E-state index contributed by atoms with van der Waals surface area (Å²) in [5.74, 6) is 0.0528. The molecule has 0 unspecified atom stereocenters. The zero-order valence-corrected chi connectivity index (χ0v) is 11.0. The Morgan fingerprint density at radius 1 is 1.35 bits per heavy atom. The summed E-state index contributed by atoms with van der Waals surface area (Å²) >= 11 is 0. The van der Waals surface area contributed by atoms with Gasteiger partial charge in [0, 0.05) is 12.4 Å². The quantitative estimate of drug-likeness (QED) is 0.911. The fourth-order valence-corrected chi connectivity index (χ4v) is 1.62. The smallest absolute Gasteiger partial charge is 0.252 e. The van der Waals surface area contributed by atoms with Crippen molar-refractivity contribution in [2.45, 2.75) is 13.0 Å². The van der Waals surface area contributed by atoms with E-state index in [1.165, 1.54) is 18.3 Å². The Morgan fingerprint density at radius 3 is 2.75 bits per heavy atom. The summed E-state index contributed by atoms with van der Waals surface area (Å²) in [7, 11) is 0. The largest absolute Gasteiger partial charge is 0.489 e. The third-order valence-corrected chi connectivity index (χ3v) is 2.62. The number of hydrogen-bond donors (Lipinski definition) is 1. The van der Waals surface area contributed by atoms with Crippen LogP contribution in [0.15, 0.2) is 48.8 Å². The Labute approximate surface area is 116 Å². The maximum absolute atomic E-state index is 12.7. The minimum absolute atomic E-state index is 0.201. The summed E-state index contributed by atoms with van der Waals surface area (Å²) in [4.78, 5) is 15.7. The molecule has 0 saturated heterocycles. The van der Waals surface area contributed by atoms with E-state index < -0.39 is 0 Å². The Hall–Kier alpha value is -2.43. The molecule has 0 saturated carbocycles. The lowest BCUT2D eigenvalue weighted by atomic mass is 10.2. The first-order valence-corrected chi connectivity index (χ1v) is 6.25. The molecule has 1 aromatic heterocycles. The Balaban J connectivity index is 1.82. The predicted molar refractivity (Wildman–Crippen MR) is 73.1 cm³/mol. The van der Waals surface area contributed by atoms with E-state index in [4.69, 9.17) is 4.74 Å². The number of aromatic nitrogens is 1. The normalized spacial score (nSPS) is 11.7. The number of ether oxygens (including phenoxy) is 1. The minimum atomic E-state index is -0.310. The van der Waals surface area contributed by atoms with Crippen molar-refractivity contribution < 1.29 is 13.9 Å². The van der Waals surface area contributed by atoms with Gasteiger partial charge in [-0.1, -0.05) is 0 Å². The van der Waals surface area contributed by atoms with Crippen LogP contribution in [-0.2, 0) is 0 Å². The van der Waals surface area contributed by atoms with Crippen molar-refractivity contribution in [1.29, 1.82) is 0 Å². The van der Waals surface area contributed by atoms with Crippen LogP contribution in [0.1, 0.15) is 17.3 Å². The molecule has 104 valence electrons. The molecule has 2 rings (SSSR count). The van der Waals surface area contributed by atoms with Gasteiger partial charge in [-0.2, -0.15) is 0 Å². The first kappa shape index (κ1) is 14.0. The molecule has 0 spiro atoms. The molecule has 0 fully saturated rings. The van der Waals surface area contributed by atoms with E-state index in [2.05, 4.69) is 10.3 Å². The number of benzene rings is 1. The highest BCUT2D eigenvalue weighted by atomic mass is 19.1. The van der Waals surface area contributed by atoms with Crippen LogP contribution in [0.2, 0.25) is 0 Å². The molecule has 1 atom stereocenters. The number of nitrogens with zero attached hydrogens (tertiary/aromatic N) is 1. The van der Waals surface area contributed by atoms with Crippen LogP contribution in [0.5, 0.6) is 5.75 Å². The van der Waals surface area contributed by atoms with Crippen molar-refractivity contribution in [3.05, 3.63) is 60.2 Å². The van der Waals surface area contributed by atoms with Crippen molar-refractivity contribution in [2.24, 2.45) is 0 Å². The van der Waals surface area contributed by atoms with Crippen LogP contribution >= 0.6 is 0 Å². The van der Waals surface area contributed by atoms with Gasteiger partial charge in [-0.05, 0) is 43.3 Å². The van der Waals surface area contributed by atoms with Gasteiger partial charge in [0.2, 0.25) is 0 Å². The monoisotopic (exact) mass is 274 g/mol. The van der Waals surface area contributed by atoms with Gasteiger partial charge in [0.25, 0.3) is 5.91 Å². The van der Waals surface area contributed by atoms with Crippen LogP contribution in [0, 0.1) is 5.82 Å². The Kier molecular flexibility index (Phi) is 4.65. The van der Waals surface area contributed by atoms with Crippen molar-refractivity contribution in [3.63, 3.8) is 0 Å². The fraction of sp³-hybridized carbons (Fsp3) is 0.200. The van der Waals surface area contributed by atoms with Crippen molar-refractivity contribution in [2.75, 3.05) is 6.54 Å². The molecule has 0 aliphatic rings. The van der Waals surface area contributed by atoms with Crippen LogP contribution < -0.4 is 10.1 Å². The molecule has 0 radical (unpaired) electrons. The van der Waals surface area contributed by atoms with Gasteiger partial charge in [-0.3, -0.25) is 9.78 Å². The molecule has 1 amide bonds. The summed E-state index contributed by atoms with van der Waals surface area (Å²) in [6.45, 7) is 2.18. The highest BCUT2D eigenvalue weighted by Crippen LogP contribution is 2.12. The van der Waals surface area contributed by atoms with Gasteiger partial charge in [0.1, 0.15) is 17.7 Å². The summed E-state index contributed by atoms with van der Waals surface area (Å²) < 4.78 is 18.3. The van der Waals surface area contributed by atoms with Gasteiger partial charge in [0.15, 0.2) is 0 Å². The zero-order valence-electron chi connectivity index (χ0n) is 11.0. The van der Waals surface area contributed by atoms with Crippen LogP contribution in [0.4, 0.5) is 4.39 Å². The molecule has 1 aromatic carbocycles. The van der Waals surface area contributed by atoms with E-state index in [0.29, 0.717) is 17.9 Å². The third-order valence-electron chi connectivity index (χ3n) is 2.62. The van der Waals surface area contributed by atoms with Crippen LogP contribution in [-0.4, -0.2) is 23.5 Å². The number of pyridine rings is 1. The molecule has 0 bridgehead atoms. The summed E-state index contributed by atoms with van der Waals surface area (Å²) in [6.07, 6.45) is 2.89. The number of halogens is 1. The van der Waals surface area contributed by atoms with Gasteiger partial charge in [-0.15, -0.1) is 0 Å². The fourth-order valence-electron chi connectivity index (χ4n) is 1.62. The maximum atomic E-state index is 12.7. The number of rotatable bonds is 5. The van der Waals surface area contributed by atoms with Crippen LogP contribution in [0.3, 0.4) is 0 Å². The molecular weight excluding hydrogens is 259 g/mol. The summed E-state index contributed by atoms with van der Waals surface area (Å²) in [6, 6.07) is 9.15. The number of amides is 1. The molecule has 5 heteroatoms. The molecule has 0 aliphatic carbocycles. The second-order valence-corrected chi connectivity index (χ2v) is 4.33. The Morgan fingerprint density at radius 2 is 2.10 bits per heavy atom. The molecular formula is C15H15FN2O2. The van der Waals surface area contributed by atoms with Gasteiger partial charge >= 0.3 is 0 Å². The average molecular weight is 274 g/mol. The average Bonchev–Trinajstić information content (AvgIpc) is 2.48. The number of carbonyl (C=O) groups excluding carboxylic acids is 1. The highest BCUT2D eigenvalue weighted by Gasteiger charge is 2.08. The lowest BCUT2D eigenvalue weighted by Gasteiger charge is -2.15. The lowest BCUT2D eigenvalue weighted by Crippen LogP contribution is -2.33. The first-order valence-electron chi connectivity index (χ1n) is 6.25. The second-order valence-electron chi connectivity index (χ2n) is 4.33. The van der Waals surface area contributed by atoms with Gasteiger partial charge < -0.3 is 10.1 Å². The van der Waals surface area contributed by atoms with Crippen molar-refractivity contribution in [3.8, 4) is 5.75 Å². The third kappa shape index (κ3) is 4.05. The van der Waals surface area contributed by atoms with E-state index in [1.807, 2.05) is 6.92 Å². The molecule has 0 aliphatic heterocycles. The van der Waals surface area contributed by atoms with E-state index >= 15 is 0 Å². The van der Waals surface area contributed by atoms with Crippen LogP contribution in [0.25, 0.3) is 0 Å². The summed E-state index contributed by atoms with van der Waals surface area (Å²) in [5, 5.41) is 2.75. The topological polar surface area (TPSA) is 51.2 Å². The lowest BCUT2D eigenvalue weighted by molar-refractivity contribution is 0.0932. The van der Waals surface area contributed by atoms with E-state index in [1.54, 1.807) is 30.5 Å². The van der Waals surface area contributed by atoms with Crippen molar-refractivity contribution in [1.82, 2.24) is 10.3 Å². The second kappa shape index (κ2) is 6.65. The van der Waals surface area contributed by atoms with E-state index in [0.717, 1.165) is 0 Å². The summed E-state index contributed by atoms with van der Waals surface area (Å²) in [5.41, 5.74) is 0.501. The van der Waals surface area contributed by atoms with E-state index in [9.17, 15) is 9.18 Å². The van der Waals surface area contributed by atoms with Gasteiger partial charge in [-0.25, -0.2) is 4.39 Å². The van der Waals surface area contributed by atoms with Gasteiger partial charge in [0.05, 0.1) is 12.1 Å². The predicted octanol–water partition coefficient (Wildman–Crippen LogP) is 2.42. The molecule has 4 nitrogen and oxygen atoms in total. The number of carbonyl (C=O) groups is 1. The number of nitrogens with one attached hydrogen (secondary N) is 1. The SMILES string of the molecule is C[C@@H](CNC(=O)c1cccnc1)Oc1ccc(F)cc1. The Bertz CT molecular complexity index is 558. The molecule has 20 heavy (non-hydrogen) atoms. The molecule has 1 heterocycles. The molecule has 2 aromatic rings. The first-order chi connectivity index (χ1) is 9.65. The maximum Gasteiger partial charge on any atom is 0.252 e. The number of hydrogen-bond acceptors (Lipinski definition) is 3. The molecule has 1 N–H and O–H groups in total. The zero-order chi connectivity index (χ0) is 14.4. The standard InChI is InChI=1S/C15H15FN2O2/c1-11(20-14-6-4-13(16)5-7-14)9-18-15(19)12-3-2-8-17-10-12/h2-8,10-11H,9H2,1H3,(H,18,19)/t11-/m0/s1. The van der Waals surface area contributed by atoms with Crippen molar-refractivity contribution >= 4 is 5.91 Å². The van der Waals surface area contributed by atoms with E-state index in [-0.39, 0.29) is 17.8 Å². The minimum Gasteiger partial charge on any atom is -0.489 e.